The number of unbranched alkanes of at least 4 members (excludes halogenated alkanes) is 12. The average Bonchev–Trinajstić information content (AvgIpc) is 1.14. The van der Waals surface area contributed by atoms with Crippen LogP contribution in [-0.4, -0.2) is 87.4 Å². The van der Waals surface area contributed by atoms with Crippen molar-refractivity contribution in [1.82, 2.24) is 0 Å². The molecule has 0 bridgehead atoms. The van der Waals surface area contributed by atoms with Gasteiger partial charge in [0.05, 0.1) is 34.4 Å². The van der Waals surface area contributed by atoms with Crippen LogP contribution in [0.1, 0.15) is 245 Å². The molecule has 550 valence electrons. The van der Waals surface area contributed by atoms with Crippen LogP contribution >= 0.6 is 0 Å². The van der Waals surface area contributed by atoms with E-state index in [0.717, 1.165) is 180 Å². The first-order valence-electron chi connectivity index (χ1n) is 38.2. The summed E-state index contributed by atoms with van der Waals surface area (Å²) in [5, 5.41) is 9.77. The highest BCUT2D eigenvalue weighted by Gasteiger charge is 2.25. The maximum absolute atomic E-state index is 13.0. The van der Waals surface area contributed by atoms with Gasteiger partial charge in [-0.05, 0) is 167 Å². The van der Waals surface area contributed by atoms with Crippen molar-refractivity contribution in [2.75, 3.05) is 47.5 Å². The van der Waals surface area contributed by atoms with Crippen molar-refractivity contribution in [2.45, 2.75) is 257 Å². The van der Waals surface area contributed by atoms with Crippen LogP contribution in [0, 0.1) is 0 Å². The van der Waals surface area contributed by atoms with E-state index in [1.165, 1.54) is 25.7 Å². The van der Waals surface area contributed by atoms with Crippen LogP contribution in [0.3, 0.4) is 0 Å². The summed E-state index contributed by atoms with van der Waals surface area (Å²) in [6, 6.07) is 0. The number of allylic oxidation sites excluding steroid dienone is 40. The smallest absolute Gasteiger partial charge is 0.361 e. The molecular weight excluding hydrogens is 1220 g/mol. The fourth-order valence-electron chi connectivity index (χ4n) is 9.36. The Morgan fingerprint density at radius 3 is 0.808 bits per heavy atom. The van der Waals surface area contributed by atoms with Crippen LogP contribution in [0.5, 0.6) is 0 Å². The number of nitrogens with zero attached hydrogens (tertiary/aromatic N) is 1. The molecule has 99 heavy (non-hydrogen) atoms. The highest BCUT2D eigenvalue weighted by atomic mass is 16.7. The second-order valence-electron chi connectivity index (χ2n) is 25.5. The third kappa shape index (κ3) is 78.3. The van der Waals surface area contributed by atoms with Crippen LogP contribution in [0.25, 0.3) is 0 Å². The first-order chi connectivity index (χ1) is 48.6. The van der Waals surface area contributed by atoms with Crippen molar-refractivity contribution in [3.63, 3.8) is 0 Å². The highest BCUT2D eigenvalue weighted by molar-refractivity contribution is 5.71. The number of likely N-dealkylation sites (N-methyl/N-ethyl adjacent to an activating group) is 1. The Morgan fingerprint density at radius 2 is 0.545 bits per heavy atom. The maximum atomic E-state index is 13.0. The van der Waals surface area contributed by atoms with E-state index in [-0.39, 0.29) is 38.6 Å². The zero-order valence-corrected chi connectivity index (χ0v) is 62.8. The van der Waals surface area contributed by atoms with E-state index in [0.29, 0.717) is 23.9 Å². The molecule has 0 aromatic rings. The van der Waals surface area contributed by atoms with Crippen molar-refractivity contribution in [1.29, 1.82) is 0 Å². The molecule has 0 radical (unpaired) electrons. The largest absolute Gasteiger partial charge is 0.477 e. The summed E-state index contributed by atoms with van der Waals surface area (Å²) < 4.78 is 22.9. The molecular formula is C90H138NO8+. The number of carboxylic acid groups (broad SMARTS) is 1. The number of hydrogen-bond acceptors (Lipinski definition) is 7. The van der Waals surface area contributed by atoms with Gasteiger partial charge in [0.25, 0.3) is 6.29 Å². The topological polar surface area (TPSA) is 108 Å². The predicted molar refractivity (Wildman–Crippen MR) is 427 cm³/mol. The predicted octanol–water partition coefficient (Wildman–Crippen LogP) is 24.8. The van der Waals surface area contributed by atoms with Crippen LogP contribution < -0.4 is 0 Å². The first-order valence-corrected chi connectivity index (χ1v) is 38.2. The molecule has 0 aliphatic rings. The molecule has 9 nitrogen and oxygen atoms in total. The van der Waals surface area contributed by atoms with Gasteiger partial charge in [0.1, 0.15) is 13.2 Å². The molecule has 0 aromatic carbocycles. The number of esters is 2. The van der Waals surface area contributed by atoms with Crippen LogP contribution in [0.4, 0.5) is 0 Å². The van der Waals surface area contributed by atoms with Gasteiger partial charge in [0, 0.05) is 12.8 Å². The quantitative estimate of drug-likeness (QED) is 0.0211. The second-order valence-corrected chi connectivity index (χ2v) is 25.5. The first kappa shape index (κ1) is 92.1. The summed E-state index contributed by atoms with van der Waals surface area (Å²) in [6.07, 6.45) is 121. The lowest BCUT2D eigenvalue weighted by atomic mass is 10.1. The fraction of sp³-hybridized carbons (Fsp3) is 0.522. The third-order valence-electron chi connectivity index (χ3n) is 15.1. The van der Waals surface area contributed by atoms with E-state index in [1.54, 1.807) is 0 Å². The molecule has 9 heteroatoms. The molecule has 0 heterocycles. The standard InChI is InChI=1S/C90H137NO8/c1-6-8-10-12-14-16-18-20-22-24-26-28-30-32-34-36-38-40-42-43-44-45-47-49-51-53-55-57-59-61-63-65-67-69-71-73-75-77-79-81-88(93)99-86(85-98-90(89(94)95)96-83-82-91(3,4)5)84-97-87(92)80-78-76-74-72-70-68-66-64-62-60-58-56-54-52-50-48-46-41-39-37-35-33-31-29-27-25-23-21-19-17-15-13-11-9-7-2/h8-11,14-17,20-23,26-29,32-35,38-41,43-44,47-50,53-56,59-62,66,68,86,90H,6-7,12-13,18-19,24-25,30-31,36-37,42,45-46,51-52,57-58,63-65,67,69-85H2,1-5H3/p+1/b10-8-,11-9-,16-14-,17-15-,22-20-,23-21-,28-26-,29-27-,34-32-,35-33-,40-38-,41-39-,44-43-,49-47-,50-48-,55-53-,56-54-,61-59-,62-60-,68-66-. The molecule has 0 fully saturated rings. The molecule has 2 unspecified atom stereocenters. The molecule has 0 amide bonds. The number of carbonyl (C=O) groups excluding carboxylic acids is 2. The number of hydrogen-bond donors (Lipinski definition) is 1. The summed E-state index contributed by atoms with van der Waals surface area (Å²) in [4.78, 5) is 37.7. The Morgan fingerprint density at radius 1 is 0.303 bits per heavy atom. The van der Waals surface area contributed by atoms with Gasteiger partial charge in [-0.25, -0.2) is 4.79 Å². The van der Waals surface area contributed by atoms with E-state index in [1.807, 2.05) is 21.1 Å². The minimum atomic E-state index is -1.54. The SMILES string of the molecule is CC/C=C\C/C=C\C/C=C\C/C=C\C/C=C\C/C=C\C/C=C\C/C=C\C/C=C\C/C=C\CCCCCCCCCCC(=O)OC(COC(=O)CCCCCC/C=C\C/C=C\C/C=C\C/C=C\C/C=C\C/C=C\C/C=C\C/C=C\C/C=C\C/C=C\CC)COC(OCC[N+](C)(C)C)C(=O)O. The van der Waals surface area contributed by atoms with Crippen molar-refractivity contribution in [3.05, 3.63) is 243 Å². The Kier molecular flexibility index (Phi) is 71.5. The summed E-state index contributed by atoms with van der Waals surface area (Å²) in [6.45, 7) is 4.57. The minimum Gasteiger partial charge on any atom is -0.477 e. The van der Waals surface area contributed by atoms with E-state index in [9.17, 15) is 19.5 Å². The number of quaternary nitrogens is 1. The number of ether oxygens (including phenoxy) is 4. The third-order valence-corrected chi connectivity index (χ3v) is 15.1. The van der Waals surface area contributed by atoms with Gasteiger partial charge >= 0.3 is 17.9 Å². The molecule has 0 saturated carbocycles. The van der Waals surface area contributed by atoms with Crippen molar-refractivity contribution < 1.29 is 42.9 Å². The summed E-state index contributed by atoms with van der Waals surface area (Å²) >= 11 is 0. The lowest BCUT2D eigenvalue weighted by Crippen LogP contribution is -2.40. The van der Waals surface area contributed by atoms with Crippen LogP contribution in [-0.2, 0) is 33.3 Å². The summed E-state index contributed by atoms with van der Waals surface area (Å²) in [5.41, 5.74) is 0. The lowest BCUT2D eigenvalue weighted by Gasteiger charge is -2.25. The van der Waals surface area contributed by atoms with Gasteiger partial charge in [-0.15, -0.1) is 0 Å². The molecule has 0 aliphatic heterocycles. The van der Waals surface area contributed by atoms with Crippen molar-refractivity contribution >= 4 is 17.9 Å². The summed E-state index contributed by atoms with van der Waals surface area (Å²) in [5.74, 6) is -2.08. The molecule has 2 atom stereocenters. The van der Waals surface area contributed by atoms with E-state index in [4.69, 9.17) is 18.9 Å². The van der Waals surface area contributed by atoms with E-state index in [2.05, 4.69) is 257 Å². The molecule has 0 aliphatic carbocycles. The number of rotatable bonds is 67. The molecule has 0 rings (SSSR count). The number of carbonyl (C=O) groups is 3. The van der Waals surface area contributed by atoms with Gasteiger partial charge in [0.2, 0.25) is 0 Å². The Balaban J connectivity index is 4.26. The van der Waals surface area contributed by atoms with Gasteiger partial charge in [0.15, 0.2) is 6.10 Å². The maximum Gasteiger partial charge on any atom is 0.361 e. The monoisotopic (exact) mass is 1360 g/mol. The molecule has 1 N–H and O–H groups in total. The normalized spacial score (nSPS) is 14.1. The molecule has 0 saturated heterocycles. The second kappa shape index (κ2) is 76.8. The Bertz CT molecular complexity index is 2540. The lowest BCUT2D eigenvalue weighted by molar-refractivity contribution is -0.870. The van der Waals surface area contributed by atoms with Gasteiger partial charge in [-0.2, -0.15) is 0 Å². The number of aliphatic carboxylic acids is 1. The molecule has 0 spiro atoms. The highest BCUT2D eigenvalue weighted by Crippen LogP contribution is 2.14. The van der Waals surface area contributed by atoms with Gasteiger partial charge < -0.3 is 28.5 Å². The Hall–Kier alpha value is -6.91. The van der Waals surface area contributed by atoms with E-state index >= 15 is 0 Å². The van der Waals surface area contributed by atoms with E-state index < -0.39 is 24.3 Å². The number of carboxylic acids is 1. The van der Waals surface area contributed by atoms with Gasteiger partial charge in [-0.3, -0.25) is 9.59 Å². The Labute approximate surface area is 605 Å². The fourth-order valence-corrected chi connectivity index (χ4v) is 9.36. The van der Waals surface area contributed by atoms with Crippen LogP contribution in [0.15, 0.2) is 243 Å². The zero-order valence-electron chi connectivity index (χ0n) is 62.8. The van der Waals surface area contributed by atoms with Crippen molar-refractivity contribution in [3.8, 4) is 0 Å². The minimum absolute atomic E-state index is 0.168. The molecule has 0 aromatic heterocycles. The van der Waals surface area contributed by atoms with Crippen LogP contribution in [0.2, 0.25) is 0 Å². The van der Waals surface area contributed by atoms with Gasteiger partial charge in [-0.1, -0.05) is 308 Å². The summed E-state index contributed by atoms with van der Waals surface area (Å²) in [7, 11) is 5.95. The van der Waals surface area contributed by atoms with Crippen molar-refractivity contribution in [2.24, 2.45) is 0 Å². The zero-order chi connectivity index (χ0) is 71.8. The average molecular weight is 1360 g/mol.